The molecule has 5 nitrogen and oxygen atoms in total. The molecule has 1 aromatic rings. The molecule has 1 fully saturated rings. The second-order valence-electron chi connectivity index (χ2n) is 7.18. The number of hydrogen-bond donors (Lipinski definition) is 2. The minimum absolute atomic E-state index is 0.0125. The van der Waals surface area contributed by atoms with E-state index in [1.54, 1.807) is 0 Å². The summed E-state index contributed by atoms with van der Waals surface area (Å²) >= 11 is 6.05. The van der Waals surface area contributed by atoms with Crippen LogP contribution in [0.2, 0.25) is 5.02 Å². The van der Waals surface area contributed by atoms with Crippen LogP contribution >= 0.6 is 11.6 Å². The summed E-state index contributed by atoms with van der Waals surface area (Å²) in [6.07, 6.45) is 5.97. The summed E-state index contributed by atoms with van der Waals surface area (Å²) in [5.41, 5.74) is 1.06. The van der Waals surface area contributed by atoms with Crippen LogP contribution in [0.5, 0.6) is 0 Å². The number of amides is 1. The van der Waals surface area contributed by atoms with E-state index in [9.17, 15) is 9.90 Å². The Bertz CT molecular complexity index is 657. The zero-order valence-electron chi connectivity index (χ0n) is 15.7. The fourth-order valence-electron chi connectivity index (χ4n) is 3.64. The van der Waals surface area contributed by atoms with Crippen LogP contribution in [0.4, 0.5) is 0 Å². The van der Waals surface area contributed by atoms with Gasteiger partial charge in [-0.25, -0.2) is 0 Å². The fourth-order valence-corrected chi connectivity index (χ4v) is 3.77. The van der Waals surface area contributed by atoms with Gasteiger partial charge in [-0.1, -0.05) is 23.7 Å². The van der Waals surface area contributed by atoms with Gasteiger partial charge in [-0.2, -0.15) is 0 Å². The van der Waals surface area contributed by atoms with Gasteiger partial charge in [0.1, 0.15) is 0 Å². The molecule has 0 bridgehead atoms. The van der Waals surface area contributed by atoms with Crippen molar-refractivity contribution in [2.24, 2.45) is 5.92 Å². The van der Waals surface area contributed by atoms with Crippen LogP contribution in [0.1, 0.15) is 50.5 Å². The molecule has 1 aliphatic carbocycles. The summed E-state index contributed by atoms with van der Waals surface area (Å²) < 4.78 is 11.8. The van der Waals surface area contributed by atoms with Crippen LogP contribution in [0.25, 0.3) is 0 Å². The highest BCUT2D eigenvalue weighted by Crippen LogP contribution is 2.39. The van der Waals surface area contributed by atoms with Gasteiger partial charge in [-0.3, -0.25) is 4.79 Å². The third-order valence-electron chi connectivity index (χ3n) is 5.33. The number of benzene rings is 1. The minimum Gasteiger partial charge on any atom is -0.459 e. The monoisotopic (exact) mass is 393 g/mol. The first kappa shape index (κ1) is 20.2. The molecule has 0 aromatic heterocycles. The smallest absolute Gasteiger partial charge is 0.286 e. The average molecular weight is 394 g/mol. The number of aliphatic hydroxyl groups is 1. The molecule has 1 heterocycles. The fraction of sp³-hybridized carbons (Fsp3) is 0.571. The van der Waals surface area contributed by atoms with E-state index < -0.39 is 6.29 Å². The molecule has 0 radical (unpaired) electrons. The lowest BCUT2D eigenvalue weighted by molar-refractivity contribution is -0.167. The molecule has 3 atom stereocenters. The summed E-state index contributed by atoms with van der Waals surface area (Å²) in [4.78, 5) is 12.7. The highest BCUT2D eigenvalue weighted by atomic mass is 35.5. The van der Waals surface area contributed by atoms with Crippen LogP contribution in [0.15, 0.2) is 36.1 Å². The van der Waals surface area contributed by atoms with E-state index in [4.69, 9.17) is 21.1 Å². The molecule has 2 N–H and O–H groups in total. The maximum absolute atomic E-state index is 12.7. The molecule has 1 aliphatic heterocycles. The number of hydrogen-bond acceptors (Lipinski definition) is 4. The van der Waals surface area contributed by atoms with Crippen molar-refractivity contribution in [1.29, 1.82) is 0 Å². The predicted molar refractivity (Wildman–Crippen MR) is 104 cm³/mol. The molecule has 1 saturated carbocycles. The van der Waals surface area contributed by atoms with Gasteiger partial charge >= 0.3 is 0 Å². The van der Waals surface area contributed by atoms with E-state index in [1.165, 1.54) is 0 Å². The van der Waals surface area contributed by atoms with E-state index in [1.807, 2.05) is 37.3 Å². The SMILES string of the molecule is CCO[C@@H]1OC(C(=O)NC2CCC2)=C[C@H](c2ccc(Cl)cc2)[C@@H]1CCCO. The van der Waals surface area contributed by atoms with Crippen LogP contribution in [-0.2, 0) is 14.3 Å². The van der Waals surface area contributed by atoms with E-state index in [0.29, 0.717) is 23.8 Å². The third-order valence-corrected chi connectivity index (χ3v) is 5.58. The molecule has 1 amide bonds. The van der Waals surface area contributed by atoms with Crippen molar-refractivity contribution >= 4 is 17.5 Å². The number of nitrogens with one attached hydrogen (secondary N) is 1. The van der Waals surface area contributed by atoms with Gasteiger partial charge in [0.2, 0.25) is 6.29 Å². The molecule has 0 saturated heterocycles. The summed E-state index contributed by atoms with van der Waals surface area (Å²) in [5, 5.41) is 13.0. The predicted octanol–water partition coefficient (Wildman–Crippen LogP) is 3.76. The van der Waals surface area contributed by atoms with E-state index in [-0.39, 0.29) is 30.4 Å². The molecule has 2 aliphatic rings. The Kier molecular flexibility index (Phi) is 7.16. The zero-order chi connectivity index (χ0) is 19.2. The van der Waals surface area contributed by atoms with Crippen LogP contribution in [0, 0.1) is 5.92 Å². The first-order chi connectivity index (χ1) is 13.1. The molecule has 6 heteroatoms. The van der Waals surface area contributed by atoms with Crippen molar-refractivity contribution in [2.45, 2.75) is 57.3 Å². The Balaban J connectivity index is 1.88. The number of ether oxygens (including phenoxy) is 2. The number of allylic oxidation sites excluding steroid dienone is 1. The van der Waals surface area contributed by atoms with Crippen LogP contribution in [0.3, 0.4) is 0 Å². The van der Waals surface area contributed by atoms with E-state index in [2.05, 4.69) is 5.32 Å². The summed E-state index contributed by atoms with van der Waals surface area (Å²) in [6, 6.07) is 7.91. The minimum atomic E-state index is -0.519. The Morgan fingerprint density at radius 3 is 2.67 bits per heavy atom. The summed E-state index contributed by atoms with van der Waals surface area (Å²) in [6.45, 7) is 2.52. The Labute approximate surface area is 165 Å². The number of aliphatic hydroxyl groups excluding tert-OH is 1. The van der Waals surface area contributed by atoms with Gasteiger partial charge < -0.3 is 19.9 Å². The highest BCUT2D eigenvalue weighted by molar-refractivity contribution is 6.30. The standard InChI is InChI=1S/C21H28ClNO4/c1-2-26-21-17(7-4-12-24)18(14-8-10-15(22)11-9-14)13-19(27-21)20(25)23-16-5-3-6-16/h8-11,13,16-18,21,24H,2-7,12H2,1H3,(H,23,25)/t17-,18+,21+/m0/s1. The number of carbonyl (C=O) groups excluding carboxylic acids is 1. The average Bonchev–Trinajstić information content (AvgIpc) is 2.64. The van der Waals surface area contributed by atoms with E-state index >= 15 is 0 Å². The van der Waals surface area contributed by atoms with Gasteiger partial charge in [-0.15, -0.1) is 0 Å². The normalized spacial score (nSPS) is 25.3. The number of rotatable bonds is 8. The topological polar surface area (TPSA) is 67.8 Å². The number of carbonyl (C=O) groups is 1. The van der Waals surface area contributed by atoms with Crippen LogP contribution < -0.4 is 5.32 Å². The van der Waals surface area contributed by atoms with Crippen molar-refractivity contribution < 1.29 is 19.4 Å². The molecule has 0 unspecified atom stereocenters. The molecule has 0 spiro atoms. The second kappa shape index (κ2) is 9.58. The third kappa shape index (κ3) is 5.03. The lowest BCUT2D eigenvalue weighted by Gasteiger charge is -2.37. The van der Waals surface area contributed by atoms with Crippen molar-refractivity contribution in [1.82, 2.24) is 5.32 Å². The van der Waals surface area contributed by atoms with Crippen molar-refractivity contribution in [3.05, 3.63) is 46.7 Å². The number of halogens is 1. The zero-order valence-corrected chi connectivity index (χ0v) is 16.5. The molecule has 1 aromatic carbocycles. The lowest BCUT2D eigenvalue weighted by atomic mass is 9.80. The van der Waals surface area contributed by atoms with Crippen molar-refractivity contribution in [3.8, 4) is 0 Å². The van der Waals surface area contributed by atoms with Crippen molar-refractivity contribution in [2.75, 3.05) is 13.2 Å². The van der Waals surface area contributed by atoms with Gasteiger partial charge in [0.15, 0.2) is 5.76 Å². The largest absolute Gasteiger partial charge is 0.459 e. The summed E-state index contributed by atoms with van der Waals surface area (Å²) in [7, 11) is 0. The molecule has 27 heavy (non-hydrogen) atoms. The van der Waals surface area contributed by atoms with Gasteiger partial charge in [0, 0.05) is 36.1 Å². The van der Waals surface area contributed by atoms with E-state index in [0.717, 1.165) is 31.2 Å². The lowest BCUT2D eigenvalue weighted by Crippen LogP contribution is -2.43. The molecular formula is C21H28ClNO4. The second-order valence-corrected chi connectivity index (χ2v) is 7.62. The highest BCUT2D eigenvalue weighted by Gasteiger charge is 2.38. The quantitative estimate of drug-likeness (QED) is 0.705. The van der Waals surface area contributed by atoms with Gasteiger partial charge in [0.25, 0.3) is 5.91 Å². The van der Waals surface area contributed by atoms with Gasteiger partial charge in [-0.05, 0) is 62.8 Å². The van der Waals surface area contributed by atoms with Crippen molar-refractivity contribution in [3.63, 3.8) is 0 Å². The Morgan fingerprint density at radius 1 is 1.33 bits per heavy atom. The molecular weight excluding hydrogens is 366 g/mol. The Morgan fingerprint density at radius 2 is 2.07 bits per heavy atom. The first-order valence-electron chi connectivity index (χ1n) is 9.79. The Hall–Kier alpha value is -1.56. The molecule has 148 valence electrons. The maximum Gasteiger partial charge on any atom is 0.286 e. The maximum atomic E-state index is 12.7. The first-order valence-corrected chi connectivity index (χ1v) is 10.2. The summed E-state index contributed by atoms with van der Waals surface area (Å²) in [5.74, 6) is 0.115. The molecule has 3 rings (SSSR count). The van der Waals surface area contributed by atoms with Gasteiger partial charge in [0.05, 0.1) is 0 Å². The van der Waals surface area contributed by atoms with Crippen LogP contribution in [-0.4, -0.2) is 36.6 Å².